The van der Waals surface area contributed by atoms with Crippen molar-refractivity contribution in [3.05, 3.63) is 64.1 Å². The molecule has 110 valence electrons. The Morgan fingerprint density at radius 2 is 1.33 bits per heavy atom. The van der Waals surface area contributed by atoms with E-state index in [0.717, 1.165) is 5.56 Å². The number of hydrogen-bond acceptors (Lipinski definition) is 1. The van der Waals surface area contributed by atoms with Crippen molar-refractivity contribution in [2.45, 2.75) is 10.8 Å². The summed E-state index contributed by atoms with van der Waals surface area (Å²) in [7, 11) is 0. The number of amides is 1. The lowest BCUT2D eigenvalue weighted by molar-refractivity contribution is -0.115. The van der Waals surface area contributed by atoms with Gasteiger partial charge in [0, 0.05) is 15.7 Å². The lowest BCUT2D eigenvalue weighted by Crippen LogP contribution is -2.26. The number of anilines is 1. The lowest BCUT2D eigenvalue weighted by Gasteiger charge is -2.16. The van der Waals surface area contributed by atoms with Gasteiger partial charge in [0.1, 0.15) is 5.38 Å². The van der Waals surface area contributed by atoms with Gasteiger partial charge in [0.2, 0.25) is 5.91 Å². The van der Waals surface area contributed by atoms with E-state index in [9.17, 15) is 4.79 Å². The topological polar surface area (TPSA) is 29.1 Å². The highest BCUT2D eigenvalue weighted by molar-refractivity contribution is 6.38. The molecule has 0 heterocycles. The predicted molar refractivity (Wildman–Crippen MR) is 89.8 cm³/mol. The molecule has 2 aromatic rings. The standard InChI is InChI=1S/C15H11Cl4NO/c16-10-3-1-9(2-4-10)13(18)14(19)15(21)20-12-7-5-11(17)6-8-12/h1-8,13-14H,(H,20,21). The van der Waals surface area contributed by atoms with Crippen LogP contribution in [0, 0.1) is 0 Å². The first-order chi connectivity index (χ1) is 9.97. The maximum atomic E-state index is 12.1. The Morgan fingerprint density at radius 1 is 0.857 bits per heavy atom. The van der Waals surface area contributed by atoms with E-state index in [1.807, 2.05) is 0 Å². The number of benzene rings is 2. The second-order valence-electron chi connectivity index (χ2n) is 4.35. The largest absolute Gasteiger partial charge is 0.325 e. The van der Waals surface area contributed by atoms with Gasteiger partial charge in [-0.2, -0.15) is 0 Å². The number of carbonyl (C=O) groups excluding carboxylic acids is 1. The van der Waals surface area contributed by atoms with E-state index in [1.165, 1.54) is 0 Å². The molecule has 21 heavy (non-hydrogen) atoms. The smallest absolute Gasteiger partial charge is 0.244 e. The number of hydrogen-bond donors (Lipinski definition) is 1. The quantitative estimate of drug-likeness (QED) is 0.713. The lowest BCUT2D eigenvalue weighted by atomic mass is 10.1. The van der Waals surface area contributed by atoms with Crippen LogP contribution in [0.2, 0.25) is 10.0 Å². The van der Waals surface area contributed by atoms with E-state index < -0.39 is 10.8 Å². The normalized spacial score (nSPS) is 13.5. The summed E-state index contributed by atoms with van der Waals surface area (Å²) in [5.41, 5.74) is 1.34. The molecule has 2 rings (SSSR count). The van der Waals surface area contributed by atoms with Crippen LogP contribution >= 0.6 is 46.4 Å². The van der Waals surface area contributed by atoms with Crippen molar-refractivity contribution in [3.63, 3.8) is 0 Å². The molecule has 0 aromatic heterocycles. The van der Waals surface area contributed by atoms with Crippen LogP contribution in [-0.4, -0.2) is 11.3 Å². The van der Waals surface area contributed by atoms with Crippen LogP contribution in [0.15, 0.2) is 48.5 Å². The summed E-state index contributed by atoms with van der Waals surface area (Å²) < 4.78 is 0. The summed E-state index contributed by atoms with van der Waals surface area (Å²) >= 11 is 24.0. The van der Waals surface area contributed by atoms with Gasteiger partial charge < -0.3 is 5.32 Å². The summed E-state index contributed by atoms with van der Waals surface area (Å²) in [6, 6.07) is 13.6. The van der Waals surface area contributed by atoms with Gasteiger partial charge in [-0.3, -0.25) is 4.79 Å². The van der Waals surface area contributed by atoms with E-state index in [-0.39, 0.29) is 5.91 Å². The van der Waals surface area contributed by atoms with Crippen LogP contribution in [0.5, 0.6) is 0 Å². The minimum atomic E-state index is -0.913. The molecule has 2 unspecified atom stereocenters. The Balaban J connectivity index is 2.04. The molecule has 0 saturated carbocycles. The van der Waals surface area contributed by atoms with Crippen molar-refractivity contribution < 1.29 is 4.79 Å². The summed E-state index contributed by atoms with van der Waals surface area (Å²) in [5.74, 6) is -0.381. The number of rotatable bonds is 4. The zero-order valence-corrected chi connectivity index (χ0v) is 13.7. The fraction of sp³-hybridized carbons (Fsp3) is 0.133. The van der Waals surface area contributed by atoms with Crippen molar-refractivity contribution in [2.75, 3.05) is 5.32 Å². The van der Waals surface area contributed by atoms with Gasteiger partial charge in [-0.25, -0.2) is 0 Å². The minimum Gasteiger partial charge on any atom is -0.325 e. The first-order valence-electron chi connectivity index (χ1n) is 6.07. The highest BCUT2D eigenvalue weighted by Crippen LogP contribution is 2.30. The molecule has 0 radical (unpaired) electrons. The molecule has 0 fully saturated rings. The number of halogens is 4. The Kier molecular flexibility index (Phi) is 5.77. The molecule has 0 saturated heterocycles. The third-order valence-electron chi connectivity index (χ3n) is 2.81. The van der Waals surface area contributed by atoms with Crippen LogP contribution in [0.1, 0.15) is 10.9 Å². The predicted octanol–water partition coefficient (Wildman–Crippen LogP) is 5.52. The first kappa shape index (κ1) is 16.4. The third kappa shape index (κ3) is 4.52. The molecule has 0 aliphatic heterocycles. The molecule has 0 spiro atoms. The molecular formula is C15H11Cl4NO. The second kappa shape index (κ2) is 7.37. The monoisotopic (exact) mass is 361 g/mol. The van der Waals surface area contributed by atoms with Crippen molar-refractivity contribution in [1.29, 1.82) is 0 Å². The van der Waals surface area contributed by atoms with Gasteiger partial charge in [-0.05, 0) is 42.0 Å². The molecule has 0 aliphatic carbocycles. The van der Waals surface area contributed by atoms with Gasteiger partial charge in [-0.15, -0.1) is 23.2 Å². The first-order valence-corrected chi connectivity index (χ1v) is 7.70. The highest BCUT2D eigenvalue weighted by Gasteiger charge is 2.26. The maximum Gasteiger partial charge on any atom is 0.244 e. The summed E-state index contributed by atoms with van der Waals surface area (Å²) in [4.78, 5) is 12.1. The number of alkyl halides is 2. The molecule has 0 bridgehead atoms. The van der Waals surface area contributed by atoms with Crippen LogP contribution in [-0.2, 0) is 4.79 Å². The van der Waals surface area contributed by atoms with E-state index in [1.54, 1.807) is 48.5 Å². The van der Waals surface area contributed by atoms with Crippen molar-refractivity contribution >= 4 is 58.0 Å². The number of nitrogens with one attached hydrogen (secondary N) is 1. The second-order valence-corrected chi connectivity index (χ2v) is 6.16. The highest BCUT2D eigenvalue weighted by atomic mass is 35.5. The van der Waals surface area contributed by atoms with Crippen LogP contribution < -0.4 is 5.32 Å². The fourth-order valence-electron chi connectivity index (χ4n) is 1.69. The van der Waals surface area contributed by atoms with Gasteiger partial charge in [0.05, 0.1) is 5.38 Å². The van der Waals surface area contributed by atoms with Crippen molar-refractivity contribution in [3.8, 4) is 0 Å². The zero-order chi connectivity index (χ0) is 15.4. The van der Waals surface area contributed by atoms with Gasteiger partial charge in [0.15, 0.2) is 0 Å². The van der Waals surface area contributed by atoms with Crippen LogP contribution in [0.3, 0.4) is 0 Å². The van der Waals surface area contributed by atoms with Gasteiger partial charge in [-0.1, -0.05) is 35.3 Å². The van der Waals surface area contributed by atoms with E-state index in [0.29, 0.717) is 15.7 Å². The van der Waals surface area contributed by atoms with E-state index >= 15 is 0 Å². The summed E-state index contributed by atoms with van der Waals surface area (Å²) in [6.07, 6.45) is 0. The zero-order valence-electron chi connectivity index (χ0n) is 10.7. The molecular weight excluding hydrogens is 352 g/mol. The summed E-state index contributed by atoms with van der Waals surface area (Å²) in [6.45, 7) is 0. The molecule has 1 amide bonds. The van der Waals surface area contributed by atoms with E-state index in [4.69, 9.17) is 46.4 Å². The number of carbonyl (C=O) groups is 1. The van der Waals surface area contributed by atoms with Crippen molar-refractivity contribution in [2.24, 2.45) is 0 Å². The Morgan fingerprint density at radius 3 is 1.86 bits per heavy atom. The van der Waals surface area contributed by atoms with E-state index in [2.05, 4.69) is 5.32 Å². The minimum absolute atomic E-state index is 0.381. The SMILES string of the molecule is O=C(Nc1ccc(Cl)cc1)C(Cl)C(Cl)c1ccc(Cl)cc1. The molecule has 2 aromatic carbocycles. The van der Waals surface area contributed by atoms with Crippen molar-refractivity contribution in [1.82, 2.24) is 0 Å². The Hall–Kier alpha value is -0.930. The molecule has 2 atom stereocenters. The molecule has 1 N–H and O–H groups in total. The Labute approximate surface area is 143 Å². The van der Waals surface area contributed by atoms with Crippen LogP contribution in [0.25, 0.3) is 0 Å². The average Bonchev–Trinajstić information content (AvgIpc) is 2.49. The van der Waals surface area contributed by atoms with Gasteiger partial charge in [0.25, 0.3) is 0 Å². The molecule has 0 aliphatic rings. The molecule has 2 nitrogen and oxygen atoms in total. The fourth-order valence-corrected chi connectivity index (χ4v) is 2.40. The third-order valence-corrected chi connectivity index (χ3v) is 4.39. The summed E-state index contributed by atoms with van der Waals surface area (Å²) in [5, 5.41) is 2.31. The average molecular weight is 363 g/mol. The maximum absolute atomic E-state index is 12.1. The Bertz CT molecular complexity index is 613. The van der Waals surface area contributed by atoms with Crippen LogP contribution in [0.4, 0.5) is 5.69 Å². The molecule has 6 heteroatoms. The van der Waals surface area contributed by atoms with Gasteiger partial charge >= 0.3 is 0 Å².